The number of hydrogen-bond donors (Lipinski definition) is 1. The highest BCUT2D eigenvalue weighted by Gasteiger charge is 2.20. The van der Waals surface area contributed by atoms with Crippen molar-refractivity contribution in [2.75, 3.05) is 12.8 Å². The Labute approximate surface area is 123 Å². The number of rotatable bonds is 3. The molecule has 3 aromatic rings. The first-order valence-electron chi connectivity index (χ1n) is 6.66. The van der Waals surface area contributed by atoms with Gasteiger partial charge in [0.25, 0.3) is 0 Å². The number of methoxy groups -OCH3 is 1. The van der Waals surface area contributed by atoms with E-state index in [0.29, 0.717) is 0 Å². The third-order valence-electron chi connectivity index (χ3n) is 3.39. The van der Waals surface area contributed by atoms with Crippen molar-refractivity contribution in [1.29, 1.82) is 0 Å². The van der Waals surface area contributed by atoms with Gasteiger partial charge in [-0.3, -0.25) is 0 Å². The number of nitrogens with two attached hydrogens (primary N) is 1. The van der Waals surface area contributed by atoms with Crippen LogP contribution in [-0.4, -0.2) is 12.3 Å². The summed E-state index contributed by atoms with van der Waals surface area (Å²) in [6.45, 7) is 2.02. The summed E-state index contributed by atoms with van der Waals surface area (Å²) in [5.74, 6) is 1.03. The van der Waals surface area contributed by atoms with Gasteiger partial charge in [-0.2, -0.15) is 0 Å². The van der Waals surface area contributed by atoms with E-state index in [1.165, 1.54) is 0 Å². The Kier molecular flexibility index (Phi) is 3.36. The van der Waals surface area contributed by atoms with Crippen molar-refractivity contribution in [3.8, 4) is 28.1 Å². The van der Waals surface area contributed by atoms with Crippen molar-refractivity contribution in [2.24, 2.45) is 0 Å². The highest BCUT2D eigenvalue weighted by Crippen LogP contribution is 2.40. The quantitative estimate of drug-likeness (QED) is 0.790. The smallest absolute Gasteiger partial charge is 0.230 e. The van der Waals surface area contributed by atoms with E-state index in [1.807, 2.05) is 55.5 Å². The molecule has 0 bridgehead atoms. The fourth-order valence-electron chi connectivity index (χ4n) is 2.37. The van der Waals surface area contributed by atoms with Crippen LogP contribution in [0.4, 0.5) is 5.88 Å². The van der Waals surface area contributed by atoms with Crippen molar-refractivity contribution < 1.29 is 9.26 Å². The number of nitrogen functional groups attached to an aromatic ring is 1. The van der Waals surface area contributed by atoms with Crippen LogP contribution in [0, 0.1) is 6.92 Å². The third-order valence-corrected chi connectivity index (χ3v) is 3.39. The second-order valence-electron chi connectivity index (χ2n) is 4.84. The standard InChI is InChI=1S/C17H16N2O2/c1-11-8-9-14(20-2)13(10-11)15-16(19-21-17(15)18)12-6-4-3-5-7-12/h3-10H,18H2,1-2H3. The molecule has 0 saturated carbocycles. The summed E-state index contributed by atoms with van der Waals surface area (Å²) >= 11 is 0. The van der Waals surface area contributed by atoms with Crippen molar-refractivity contribution in [3.05, 3.63) is 54.1 Å². The molecule has 4 nitrogen and oxygen atoms in total. The minimum Gasteiger partial charge on any atom is -0.496 e. The average Bonchev–Trinajstić information content (AvgIpc) is 2.89. The maximum atomic E-state index is 6.00. The molecule has 0 spiro atoms. The molecule has 2 aromatic carbocycles. The molecule has 0 aliphatic carbocycles. The lowest BCUT2D eigenvalue weighted by atomic mass is 9.98. The molecule has 0 aliphatic rings. The van der Waals surface area contributed by atoms with Crippen LogP contribution in [0.5, 0.6) is 5.75 Å². The summed E-state index contributed by atoms with van der Waals surface area (Å²) < 4.78 is 10.7. The summed E-state index contributed by atoms with van der Waals surface area (Å²) in [4.78, 5) is 0. The first-order chi connectivity index (χ1) is 10.2. The first kappa shape index (κ1) is 13.2. The fourth-order valence-corrected chi connectivity index (χ4v) is 2.37. The molecule has 0 unspecified atom stereocenters. The maximum absolute atomic E-state index is 6.00. The summed E-state index contributed by atoms with van der Waals surface area (Å²) in [7, 11) is 1.64. The fraction of sp³-hybridized carbons (Fsp3) is 0.118. The van der Waals surface area contributed by atoms with Crippen LogP contribution in [0.3, 0.4) is 0 Å². The van der Waals surface area contributed by atoms with Gasteiger partial charge in [-0.05, 0) is 19.1 Å². The molecule has 0 fully saturated rings. The number of ether oxygens (including phenoxy) is 1. The van der Waals surface area contributed by atoms with E-state index in [1.54, 1.807) is 7.11 Å². The number of nitrogens with zero attached hydrogens (tertiary/aromatic N) is 1. The third kappa shape index (κ3) is 2.36. The van der Waals surface area contributed by atoms with Crippen molar-refractivity contribution >= 4 is 5.88 Å². The molecular formula is C17H16N2O2. The Hall–Kier alpha value is -2.75. The number of aryl methyl sites for hydroxylation is 1. The molecule has 0 saturated heterocycles. The van der Waals surface area contributed by atoms with Crippen LogP contribution >= 0.6 is 0 Å². The van der Waals surface area contributed by atoms with E-state index in [4.69, 9.17) is 15.0 Å². The second kappa shape index (κ2) is 5.32. The van der Waals surface area contributed by atoms with Gasteiger partial charge in [-0.15, -0.1) is 0 Å². The zero-order chi connectivity index (χ0) is 14.8. The van der Waals surface area contributed by atoms with Gasteiger partial charge in [0, 0.05) is 11.1 Å². The zero-order valence-electron chi connectivity index (χ0n) is 12.0. The number of hydrogen-bond acceptors (Lipinski definition) is 4. The van der Waals surface area contributed by atoms with Crippen molar-refractivity contribution in [1.82, 2.24) is 5.16 Å². The van der Waals surface area contributed by atoms with Crippen LogP contribution in [0.15, 0.2) is 53.1 Å². The van der Waals surface area contributed by atoms with E-state index in [0.717, 1.165) is 33.7 Å². The van der Waals surface area contributed by atoms with Gasteiger partial charge in [-0.25, -0.2) is 0 Å². The van der Waals surface area contributed by atoms with Crippen LogP contribution in [-0.2, 0) is 0 Å². The molecule has 0 atom stereocenters. The lowest BCUT2D eigenvalue weighted by molar-refractivity contribution is 0.416. The number of aromatic nitrogens is 1. The van der Waals surface area contributed by atoms with Crippen molar-refractivity contribution in [2.45, 2.75) is 6.92 Å². The summed E-state index contributed by atoms with van der Waals surface area (Å²) in [5.41, 5.74) is 10.4. The molecule has 0 amide bonds. The SMILES string of the molecule is COc1ccc(C)cc1-c1c(-c2ccccc2)noc1N. The monoisotopic (exact) mass is 280 g/mol. The topological polar surface area (TPSA) is 61.3 Å². The summed E-state index contributed by atoms with van der Waals surface area (Å²) in [6, 6.07) is 15.8. The predicted octanol–water partition coefficient (Wildman–Crippen LogP) is 3.91. The van der Waals surface area contributed by atoms with Crippen LogP contribution in [0.25, 0.3) is 22.4 Å². The average molecular weight is 280 g/mol. The molecule has 2 N–H and O–H groups in total. The minimum atomic E-state index is 0.290. The Balaban J connectivity index is 2.24. The Morgan fingerprint density at radius 3 is 2.57 bits per heavy atom. The molecule has 106 valence electrons. The summed E-state index contributed by atoms with van der Waals surface area (Å²) in [6.07, 6.45) is 0. The normalized spacial score (nSPS) is 10.6. The Morgan fingerprint density at radius 1 is 1.10 bits per heavy atom. The molecule has 4 heteroatoms. The van der Waals surface area contributed by atoms with Gasteiger partial charge in [0.05, 0.1) is 12.7 Å². The van der Waals surface area contributed by atoms with Gasteiger partial charge < -0.3 is 15.0 Å². The molecule has 1 heterocycles. The molecular weight excluding hydrogens is 264 g/mol. The van der Waals surface area contributed by atoms with Gasteiger partial charge in [0.2, 0.25) is 5.88 Å². The molecule has 1 aromatic heterocycles. The van der Waals surface area contributed by atoms with Gasteiger partial charge in [0.1, 0.15) is 11.4 Å². The second-order valence-corrected chi connectivity index (χ2v) is 4.84. The van der Waals surface area contributed by atoms with E-state index >= 15 is 0 Å². The van der Waals surface area contributed by atoms with Gasteiger partial charge in [0.15, 0.2) is 0 Å². The summed E-state index contributed by atoms with van der Waals surface area (Å²) in [5, 5.41) is 4.11. The van der Waals surface area contributed by atoms with Crippen LogP contribution in [0.2, 0.25) is 0 Å². The van der Waals surface area contributed by atoms with E-state index < -0.39 is 0 Å². The maximum Gasteiger partial charge on any atom is 0.230 e. The van der Waals surface area contributed by atoms with E-state index in [-0.39, 0.29) is 5.88 Å². The molecule has 0 radical (unpaired) electrons. The van der Waals surface area contributed by atoms with E-state index in [2.05, 4.69) is 5.16 Å². The zero-order valence-corrected chi connectivity index (χ0v) is 12.0. The van der Waals surface area contributed by atoms with Gasteiger partial charge >= 0.3 is 0 Å². The van der Waals surface area contributed by atoms with E-state index in [9.17, 15) is 0 Å². The predicted molar refractivity (Wildman–Crippen MR) is 83.1 cm³/mol. The molecule has 3 rings (SSSR count). The minimum absolute atomic E-state index is 0.290. The lowest BCUT2D eigenvalue weighted by Gasteiger charge is -2.10. The first-order valence-corrected chi connectivity index (χ1v) is 6.66. The van der Waals surface area contributed by atoms with Gasteiger partial charge in [-0.1, -0.05) is 47.1 Å². The Bertz CT molecular complexity index is 764. The number of anilines is 1. The van der Waals surface area contributed by atoms with Crippen LogP contribution in [0.1, 0.15) is 5.56 Å². The van der Waals surface area contributed by atoms with Crippen LogP contribution < -0.4 is 10.5 Å². The lowest BCUT2D eigenvalue weighted by Crippen LogP contribution is -1.93. The largest absolute Gasteiger partial charge is 0.496 e. The molecule has 0 aliphatic heterocycles. The number of benzene rings is 2. The highest BCUT2D eigenvalue weighted by atomic mass is 16.5. The Morgan fingerprint density at radius 2 is 1.86 bits per heavy atom. The van der Waals surface area contributed by atoms with Crippen molar-refractivity contribution in [3.63, 3.8) is 0 Å². The highest BCUT2D eigenvalue weighted by molar-refractivity contribution is 5.89. The molecule has 21 heavy (non-hydrogen) atoms.